The zero-order valence-corrected chi connectivity index (χ0v) is 8.66. The minimum Gasteiger partial charge on any atom is -0.493 e. The number of carbonyl (C=O) groups is 1. The lowest BCUT2D eigenvalue weighted by Crippen LogP contribution is -2.27. The highest BCUT2D eigenvalue weighted by atomic mass is 19.1. The Morgan fingerprint density at radius 1 is 1.53 bits per heavy atom. The molecule has 15 heavy (non-hydrogen) atoms. The highest BCUT2D eigenvalue weighted by Crippen LogP contribution is 2.33. The summed E-state index contributed by atoms with van der Waals surface area (Å²) in [5.74, 6) is -1.25. The van der Waals surface area contributed by atoms with Gasteiger partial charge in [0.25, 0.3) is 0 Å². The Morgan fingerprint density at radius 2 is 2.13 bits per heavy atom. The quantitative estimate of drug-likeness (QED) is 0.833. The number of rotatable bonds is 4. The minimum atomic E-state index is -2.42. The maximum atomic E-state index is 13.8. The van der Waals surface area contributed by atoms with E-state index in [0.29, 0.717) is 6.61 Å². The normalized spacial score (nSPS) is 14.3. The van der Waals surface area contributed by atoms with Gasteiger partial charge in [0.05, 0.1) is 6.61 Å². The monoisotopic (exact) mass is 212 g/mol. The number of hydrogen-bond acceptors (Lipinski definition) is 2. The lowest BCUT2D eigenvalue weighted by molar-refractivity contribution is -0.150. The molecule has 1 aromatic rings. The highest BCUT2D eigenvalue weighted by molar-refractivity contribution is 5.79. The number of ether oxygens (including phenoxy) is 1. The highest BCUT2D eigenvalue weighted by Gasteiger charge is 2.37. The predicted octanol–water partition coefficient (Wildman–Crippen LogP) is 2.35. The van der Waals surface area contributed by atoms with Gasteiger partial charge in [-0.2, -0.15) is 0 Å². The van der Waals surface area contributed by atoms with Crippen LogP contribution in [0.15, 0.2) is 24.3 Å². The molecule has 0 aromatic heterocycles. The summed E-state index contributed by atoms with van der Waals surface area (Å²) in [5, 5.41) is 8.76. The van der Waals surface area contributed by atoms with Crippen LogP contribution in [0.2, 0.25) is 0 Å². The molecule has 4 heteroatoms. The fourth-order valence-electron chi connectivity index (χ4n) is 1.25. The third-order valence-corrected chi connectivity index (χ3v) is 2.09. The van der Waals surface area contributed by atoms with Gasteiger partial charge in [0.15, 0.2) is 0 Å². The van der Waals surface area contributed by atoms with Crippen LogP contribution < -0.4 is 4.74 Å². The maximum absolute atomic E-state index is 13.8. The Morgan fingerprint density at radius 3 is 2.67 bits per heavy atom. The molecule has 1 atom stereocenters. The molecule has 0 spiro atoms. The van der Waals surface area contributed by atoms with Crippen molar-refractivity contribution >= 4 is 5.97 Å². The van der Waals surface area contributed by atoms with Gasteiger partial charge in [-0.1, -0.05) is 18.2 Å². The molecule has 3 nitrogen and oxygen atoms in total. The third-order valence-electron chi connectivity index (χ3n) is 2.09. The van der Waals surface area contributed by atoms with Crippen molar-refractivity contribution in [1.82, 2.24) is 0 Å². The molecule has 1 N–H and O–H groups in total. The van der Waals surface area contributed by atoms with Gasteiger partial charge in [-0.05, 0) is 19.9 Å². The van der Waals surface area contributed by atoms with Gasteiger partial charge in [-0.3, -0.25) is 0 Å². The maximum Gasteiger partial charge on any atom is 0.346 e. The van der Waals surface area contributed by atoms with Crippen molar-refractivity contribution in [3.63, 3.8) is 0 Å². The van der Waals surface area contributed by atoms with E-state index in [4.69, 9.17) is 9.84 Å². The number of carboxylic acid groups (broad SMARTS) is 1. The standard InChI is InChI=1S/C11H13FO3/c1-3-15-9-7-5-4-6-8(9)11(2,12)10(13)14/h4-7H,3H2,1-2H3,(H,13,14). The summed E-state index contributed by atoms with van der Waals surface area (Å²) in [4.78, 5) is 10.7. The van der Waals surface area contributed by atoms with Crippen LogP contribution in [0.3, 0.4) is 0 Å². The topological polar surface area (TPSA) is 46.5 Å². The molecule has 0 saturated heterocycles. The van der Waals surface area contributed by atoms with E-state index < -0.39 is 11.6 Å². The average molecular weight is 212 g/mol. The molecule has 0 radical (unpaired) electrons. The van der Waals surface area contributed by atoms with E-state index in [2.05, 4.69) is 0 Å². The van der Waals surface area contributed by atoms with Crippen molar-refractivity contribution in [3.05, 3.63) is 29.8 Å². The Kier molecular flexibility index (Phi) is 3.29. The number of para-hydroxylation sites is 1. The second-order valence-corrected chi connectivity index (χ2v) is 3.24. The molecule has 0 aliphatic carbocycles. The van der Waals surface area contributed by atoms with Gasteiger partial charge in [-0.15, -0.1) is 0 Å². The number of alkyl halides is 1. The first-order valence-corrected chi connectivity index (χ1v) is 4.64. The Hall–Kier alpha value is -1.58. The smallest absolute Gasteiger partial charge is 0.346 e. The Balaban J connectivity index is 3.18. The van der Waals surface area contributed by atoms with E-state index in [0.717, 1.165) is 6.92 Å². The van der Waals surface area contributed by atoms with E-state index in [1.165, 1.54) is 6.07 Å². The van der Waals surface area contributed by atoms with E-state index in [9.17, 15) is 9.18 Å². The molecule has 0 saturated carbocycles. The van der Waals surface area contributed by atoms with Crippen molar-refractivity contribution in [2.24, 2.45) is 0 Å². The van der Waals surface area contributed by atoms with Crippen molar-refractivity contribution in [2.75, 3.05) is 6.61 Å². The summed E-state index contributed by atoms with van der Waals surface area (Å²) < 4.78 is 19.0. The van der Waals surface area contributed by atoms with Crippen molar-refractivity contribution in [1.29, 1.82) is 0 Å². The van der Waals surface area contributed by atoms with Gasteiger partial charge in [-0.25, -0.2) is 9.18 Å². The van der Waals surface area contributed by atoms with Crippen LogP contribution in [0.25, 0.3) is 0 Å². The summed E-state index contributed by atoms with van der Waals surface area (Å²) in [6.07, 6.45) is 0. The lowest BCUT2D eigenvalue weighted by Gasteiger charge is -2.18. The second-order valence-electron chi connectivity index (χ2n) is 3.24. The molecule has 0 aliphatic rings. The van der Waals surface area contributed by atoms with E-state index in [1.807, 2.05) is 0 Å². The van der Waals surface area contributed by atoms with E-state index >= 15 is 0 Å². The number of halogens is 1. The summed E-state index contributed by atoms with van der Waals surface area (Å²) in [6.45, 7) is 3.13. The van der Waals surface area contributed by atoms with Crippen LogP contribution in [-0.4, -0.2) is 17.7 Å². The first-order chi connectivity index (χ1) is 7.00. The van der Waals surface area contributed by atoms with Crippen molar-refractivity contribution in [3.8, 4) is 5.75 Å². The molecule has 0 heterocycles. The zero-order chi connectivity index (χ0) is 11.5. The second kappa shape index (κ2) is 4.29. The molecular formula is C11H13FO3. The fourth-order valence-corrected chi connectivity index (χ4v) is 1.25. The number of aliphatic carboxylic acids is 1. The van der Waals surface area contributed by atoms with Gasteiger partial charge in [0.2, 0.25) is 5.67 Å². The van der Waals surface area contributed by atoms with Crippen LogP contribution in [0, 0.1) is 0 Å². The molecule has 1 unspecified atom stereocenters. The van der Waals surface area contributed by atoms with E-state index in [-0.39, 0.29) is 11.3 Å². The van der Waals surface area contributed by atoms with E-state index in [1.54, 1.807) is 25.1 Å². The van der Waals surface area contributed by atoms with Crippen LogP contribution >= 0.6 is 0 Å². The first-order valence-electron chi connectivity index (χ1n) is 4.64. The molecule has 82 valence electrons. The van der Waals surface area contributed by atoms with Crippen LogP contribution in [0.1, 0.15) is 19.4 Å². The summed E-state index contributed by atoms with van der Waals surface area (Å²) in [6, 6.07) is 6.23. The Labute approximate surface area is 87.5 Å². The summed E-state index contributed by atoms with van der Waals surface area (Å²) >= 11 is 0. The number of carboxylic acids is 1. The first kappa shape index (κ1) is 11.5. The average Bonchev–Trinajstić information content (AvgIpc) is 2.18. The van der Waals surface area contributed by atoms with Gasteiger partial charge in [0, 0.05) is 5.56 Å². The Bertz CT molecular complexity index is 361. The molecule has 1 aromatic carbocycles. The number of benzene rings is 1. The van der Waals surface area contributed by atoms with Gasteiger partial charge in [0.1, 0.15) is 5.75 Å². The molecule has 1 rings (SSSR count). The number of hydrogen-bond donors (Lipinski definition) is 1. The van der Waals surface area contributed by atoms with Gasteiger partial charge < -0.3 is 9.84 Å². The van der Waals surface area contributed by atoms with Crippen molar-refractivity contribution < 1.29 is 19.0 Å². The van der Waals surface area contributed by atoms with Crippen LogP contribution in [0.4, 0.5) is 4.39 Å². The predicted molar refractivity (Wildman–Crippen MR) is 53.7 cm³/mol. The zero-order valence-electron chi connectivity index (χ0n) is 8.66. The fraction of sp³-hybridized carbons (Fsp3) is 0.364. The van der Waals surface area contributed by atoms with Crippen molar-refractivity contribution in [2.45, 2.75) is 19.5 Å². The summed E-state index contributed by atoms with van der Waals surface area (Å²) in [5.41, 5.74) is -2.38. The summed E-state index contributed by atoms with van der Waals surface area (Å²) in [7, 11) is 0. The van der Waals surface area contributed by atoms with Crippen LogP contribution in [0.5, 0.6) is 5.75 Å². The molecule has 0 fully saturated rings. The lowest BCUT2D eigenvalue weighted by atomic mass is 9.97. The molecule has 0 amide bonds. The molecule has 0 aliphatic heterocycles. The largest absolute Gasteiger partial charge is 0.493 e. The minimum absolute atomic E-state index is 0.0411. The SMILES string of the molecule is CCOc1ccccc1C(C)(F)C(=O)O. The van der Waals surface area contributed by atoms with Crippen LogP contribution in [-0.2, 0) is 10.5 Å². The van der Waals surface area contributed by atoms with Gasteiger partial charge >= 0.3 is 5.97 Å². The molecular weight excluding hydrogens is 199 g/mol. The third kappa shape index (κ3) is 2.26. The molecule has 0 bridgehead atoms.